The summed E-state index contributed by atoms with van der Waals surface area (Å²) in [6, 6.07) is 4.43. The average Bonchev–Trinajstić information content (AvgIpc) is 2.17. The average molecular weight is 245 g/mol. The molecular weight excluding hydrogens is 235 g/mol. The van der Waals surface area contributed by atoms with E-state index in [0.29, 0.717) is 10.6 Å². The highest BCUT2D eigenvalue weighted by Crippen LogP contribution is 2.41. The molecule has 0 aliphatic rings. The van der Waals surface area contributed by atoms with E-state index < -0.39 is 7.60 Å². The minimum Gasteiger partial charge on any atom is -0.321 e. The molecule has 0 amide bonds. The van der Waals surface area contributed by atoms with Gasteiger partial charge in [0, 0.05) is 10.6 Å². The largest absolute Gasteiger partial charge is 0.360 e. The second kappa shape index (κ2) is 4.83. The van der Waals surface area contributed by atoms with Crippen molar-refractivity contribution in [3.8, 4) is 12.3 Å². The molecule has 0 fully saturated rings. The van der Waals surface area contributed by atoms with Gasteiger partial charge in [0.2, 0.25) is 0 Å². The SMILES string of the molecule is C#Cc1ccc(Cl)cc1P(=O)(O)OCC. The lowest BCUT2D eigenvalue weighted by Crippen LogP contribution is -2.11. The molecule has 5 heteroatoms. The van der Waals surface area contributed by atoms with Crippen LogP contribution in [0.5, 0.6) is 0 Å². The van der Waals surface area contributed by atoms with Gasteiger partial charge in [-0.2, -0.15) is 0 Å². The fourth-order valence-electron chi connectivity index (χ4n) is 1.11. The smallest absolute Gasteiger partial charge is 0.321 e. The Kier molecular flexibility index (Phi) is 3.96. The molecule has 1 unspecified atom stereocenters. The van der Waals surface area contributed by atoms with Crippen molar-refractivity contribution < 1.29 is 14.0 Å². The van der Waals surface area contributed by atoms with Gasteiger partial charge in [-0.3, -0.25) is 4.57 Å². The number of hydrogen-bond donors (Lipinski definition) is 1. The second-order valence-electron chi connectivity index (χ2n) is 2.74. The number of rotatable bonds is 3. The van der Waals surface area contributed by atoms with E-state index in [2.05, 4.69) is 5.92 Å². The maximum Gasteiger partial charge on any atom is 0.360 e. The number of halogens is 1. The van der Waals surface area contributed by atoms with Crippen LogP contribution in [0.15, 0.2) is 18.2 Å². The zero-order chi connectivity index (χ0) is 11.5. The maximum absolute atomic E-state index is 11.7. The van der Waals surface area contributed by atoms with E-state index in [0.717, 1.165) is 0 Å². The van der Waals surface area contributed by atoms with Gasteiger partial charge in [-0.25, -0.2) is 0 Å². The van der Waals surface area contributed by atoms with Gasteiger partial charge in [-0.05, 0) is 25.1 Å². The Bertz CT molecular complexity index is 450. The third kappa shape index (κ3) is 2.84. The highest BCUT2D eigenvalue weighted by Gasteiger charge is 2.25. The monoisotopic (exact) mass is 244 g/mol. The van der Waals surface area contributed by atoms with Crippen molar-refractivity contribution in [2.45, 2.75) is 6.92 Å². The van der Waals surface area contributed by atoms with Gasteiger partial charge < -0.3 is 9.42 Å². The fourth-order valence-corrected chi connectivity index (χ4v) is 2.59. The molecule has 0 radical (unpaired) electrons. The van der Waals surface area contributed by atoms with E-state index in [1.54, 1.807) is 13.0 Å². The van der Waals surface area contributed by atoms with Gasteiger partial charge in [-0.15, -0.1) is 6.42 Å². The van der Waals surface area contributed by atoms with Gasteiger partial charge >= 0.3 is 7.60 Å². The Labute approximate surface area is 93.6 Å². The molecule has 0 heterocycles. The molecule has 0 aliphatic carbocycles. The summed E-state index contributed by atoms with van der Waals surface area (Å²) in [5, 5.41) is 0.414. The van der Waals surface area contributed by atoms with E-state index >= 15 is 0 Å². The fraction of sp³-hybridized carbons (Fsp3) is 0.200. The maximum atomic E-state index is 11.7. The summed E-state index contributed by atoms with van der Waals surface area (Å²) in [4.78, 5) is 9.60. The van der Waals surface area contributed by atoms with Gasteiger partial charge in [0.25, 0.3) is 0 Å². The summed E-state index contributed by atoms with van der Waals surface area (Å²) in [7, 11) is -3.85. The minimum absolute atomic E-state index is 0.0688. The summed E-state index contributed by atoms with van der Waals surface area (Å²) in [5.74, 6) is 2.32. The van der Waals surface area contributed by atoms with Gasteiger partial charge in [-0.1, -0.05) is 17.5 Å². The zero-order valence-corrected chi connectivity index (χ0v) is 9.76. The standard InChI is InChI=1S/C10H10ClO3P/c1-3-8-5-6-9(11)7-10(8)15(12,13)14-4-2/h1,5-7H,4H2,2H3,(H,12,13). The van der Waals surface area contributed by atoms with Crippen LogP contribution in [0.3, 0.4) is 0 Å². The summed E-state index contributed by atoms with van der Waals surface area (Å²) in [5.41, 5.74) is 0.318. The molecule has 1 aromatic rings. The normalized spacial score (nSPS) is 14.3. The lowest BCUT2D eigenvalue weighted by Gasteiger charge is -2.12. The summed E-state index contributed by atoms with van der Waals surface area (Å²) in [6.45, 7) is 1.76. The molecule has 1 N–H and O–H groups in total. The zero-order valence-electron chi connectivity index (χ0n) is 8.11. The Balaban J connectivity index is 3.30. The number of hydrogen-bond acceptors (Lipinski definition) is 2. The van der Waals surface area contributed by atoms with Crippen LogP contribution in [0.1, 0.15) is 12.5 Å². The highest BCUT2D eigenvalue weighted by atomic mass is 35.5. The lowest BCUT2D eigenvalue weighted by atomic mass is 10.2. The van der Waals surface area contributed by atoms with Crippen molar-refractivity contribution in [1.29, 1.82) is 0 Å². The van der Waals surface area contributed by atoms with Crippen molar-refractivity contribution in [2.75, 3.05) is 6.61 Å². The highest BCUT2D eigenvalue weighted by molar-refractivity contribution is 7.61. The molecule has 3 nitrogen and oxygen atoms in total. The third-order valence-electron chi connectivity index (χ3n) is 1.72. The van der Waals surface area contributed by atoms with Crippen LogP contribution in [-0.4, -0.2) is 11.5 Å². The van der Waals surface area contributed by atoms with Crippen LogP contribution in [0.4, 0.5) is 0 Å². The Hall–Kier alpha value is -0.780. The topological polar surface area (TPSA) is 46.5 Å². The first-order valence-electron chi connectivity index (χ1n) is 4.25. The molecule has 1 aromatic carbocycles. The molecular formula is C10H10ClO3P. The Morgan fingerprint density at radius 2 is 2.33 bits per heavy atom. The van der Waals surface area contributed by atoms with Crippen LogP contribution in [0.2, 0.25) is 5.02 Å². The first kappa shape index (κ1) is 12.3. The van der Waals surface area contributed by atoms with E-state index in [1.165, 1.54) is 12.1 Å². The molecule has 0 aromatic heterocycles. The molecule has 15 heavy (non-hydrogen) atoms. The van der Waals surface area contributed by atoms with Crippen LogP contribution in [-0.2, 0) is 9.09 Å². The molecule has 0 bridgehead atoms. The summed E-state index contributed by atoms with van der Waals surface area (Å²) in [6.07, 6.45) is 5.21. The molecule has 0 aliphatic heterocycles. The second-order valence-corrected chi connectivity index (χ2v) is 4.96. The van der Waals surface area contributed by atoms with Crippen LogP contribution >= 0.6 is 19.2 Å². The predicted octanol–water partition coefficient (Wildman–Crippen LogP) is 2.17. The van der Waals surface area contributed by atoms with Crippen molar-refractivity contribution in [3.63, 3.8) is 0 Å². The minimum atomic E-state index is -3.85. The predicted molar refractivity (Wildman–Crippen MR) is 60.5 cm³/mol. The third-order valence-corrected chi connectivity index (χ3v) is 3.55. The van der Waals surface area contributed by atoms with Crippen molar-refractivity contribution in [3.05, 3.63) is 28.8 Å². The van der Waals surface area contributed by atoms with Crippen LogP contribution in [0.25, 0.3) is 0 Å². The van der Waals surface area contributed by atoms with Crippen LogP contribution in [0, 0.1) is 12.3 Å². The molecule has 1 rings (SSSR count). The quantitative estimate of drug-likeness (QED) is 0.655. The van der Waals surface area contributed by atoms with E-state index in [1.807, 2.05) is 0 Å². The molecule has 80 valence electrons. The summed E-state index contributed by atoms with van der Waals surface area (Å²) >= 11 is 5.72. The van der Waals surface area contributed by atoms with Gasteiger partial charge in [0.15, 0.2) is 0 Å². The van der Waals surface area contributed by atoms with Gasteiger partial charge in [0.05, 0.1) is 11.9 Å². The van der Waals surface area contributed by atoms with E-state index in [4.69, 9.17) is 22.5 Å². The Morgan fingerprint density at radius 3 is 2.87 bits per heavy atom. The first-order valence-corrected chi connectivity index (χ1v) is 6.21. The Morgan fingerprint density at radius 1 is 1.67 bits per heavy atom. The molecule has 0 saturated carbocycles. The van der Waals surface area contributed by atoms with Crippen LogP contribution < -0.4 is 5.30 Å². The molecule has 0 spiro atoms. The lowest BCUT2D eigenvalue weighted by molar-refractivity contribution is 0.284. The summed E-state index contributed by atoms with van der Waals surface area (Å²) < 4.78 is 16.5. The van der Waals surface area contributed by atoms with Gasteiger partial charge in [0.1, 0.15) is 0 Å². The van der Waals surface area contributed by atoms with E-state index in [9.17, 15) is 9.46 Å². The van der Waals surface area contributed by atoms with Crippen molar-refractivity contribution >= 4 is 24.5 Å². The number of benzene rings is 1. The molecule has 1 atom stereocenters. The van der Waals surface area contributed by atoms with Crippen molar-refractivity contribution in [2.24, 2.45) is 0 Å². The van der Waals surface area contributed by atoms with Crippen molar-refractivity contribution in [1.82, 2.24) is 0 Å². The molecule has 0 saturated heterocycles. The van der Waals surface area contributed by atoms with E-state index in [-0.39, 0.29) is 11.9 Å². The first-order chi connectivity index (χ1) is 7.01. The number of terminal acetylenes is 1.